The number of rotatable bonds is 5. The molecule has 1 fully saturated rings. The lowest BCUT2D eigenvalue weighted by Gasteiger charge is -2.07. The molecule has 8 heteroatoms. The van der Waals surface area contributed by atoms with Crippen LogP contribution in [0.15, 0.2) is 4.99 Å². The lowest BCUT2D eigenvalue weighted by molar-refractivity contribution is 0.595. The predicted molar refractivity (Wildman–Crippen MR) is 58.4 cm³/mol. The molecule has 0 heterocycles. The van der Waals surface area contributed by atoms with E-state index in [1.165, 1.54) is 0 Å². The summed E-state index contributed by atoms with van der Waals surface area (Å²) in [7, 11) is -3.38. The first-order valence-electron chi connectivity index (χ1n) is 4.79. The fraction of sp³-hybridized carbons (Fsp3) is 0.857. The van der Waals surface area contributed by atoms with E-state index in [0.717, 1.165) is 12.8 Å². The molecule has 0 aromatic carbocycles. The van der Waals surface area contributed by atoms with Crippen molar-refractivity contribution in [2.24, 2.45) is 16.0 Å². The van der Waals surface area contributed by atoms with Crippen LogP contribution in [0.3, 0.4) is 0 Å². The van der Waals surface area contributed by atoms with Crippen molar-refractivity contribution < 1.29 is 8.42 Å². The van der Waals surface area contributed by atoms with Crippen LogP contribution in [0, 0.1) is 0 Å². The smallest absolute Gasteiger partial charge is 0.209 e. The Hall–Kier alpha value is -0.860. The van der Waals surface area contributed by atoms with Crippen molar-refractivity contribution in [2.75, 3.05) is 12.3 Å². The Morgan fingerprint density at radius 2 is 2.13 bits per heavy atom. The second-order valence-electron chi connectivity index (χ2n) is 3.51. The van der Waals surface area contributed by atoms with Crippen molar-refractivity contribution in [1.29, 1.82) is 0 Å². The average Bonchev–Trinajstić information content (AvgIpc) is 2.92. The van der Waals surface area contributed by atoms with Crippen LogP contribution in [0.5, 0.6) is 0 Å². The van der Waals surface area contributed by atoms with Crippen molar-refractivity contribution in [3.8, 4) is 0 Å². The summed E-state index contributed by atoms with van der Waals surface area (Å²) in [6, 6.07) is 0.457. The van der Waals surface area contributed by atoms with E-state index >= 15 is 0 Å². The maximum Gasteiger partial charge on any atom is 0.209 e. The summed E-state index contributed by atoms with van der Waals surface area (Å²) in [5, 5.41) is 7.91. The lowest BCUT2D eigenvalue weighted by Crippen LogP contribution is -2.42. The van der Waals surface area contributed by atoms with Gasteiger partial charge in [-0.25, -0.2) is 19.4 Å². The Morgan fingerprint density at radius 1 is 1.47 bits per heavy atom. The molecule has 0 spiro atoms. The normalized spacial score (nSPS) is 17.6. The summed E-state index contributed by atoms with van der Waals surface area (Å²) < 4.78 is 21.2. The van der Waals surface area contributed by atoms with Gasteiger partial charge in [-0.3, -0.25) is 10.4 Å². The molecule has 15 heavy (non-hydrogen) atoms. The van der Waals surface area contributed by atoms with Gasteiger partial charge in [0, 0.05) is 12.6 Å². The number of hydrazine groups is 1. The summed E-state index contributed by atoms with van der Waals surface area (Å²) in [6.45, 7) is 0.385. The zero-order chi connectivity index (χ0) is 11.3. The van der Waals surface area contributed by atoms with E-state index in [2.05, 4.69) is 15.7 Å². The molecule has 0 amide bonds. The Kier molecular flexibility index (Phi) is 4.30. The SMILES string of the molecule is NNC(=NCCCS(N)(=O)=O)NC1CC1. The average molecular weight is 235 g/mol. The van der Waals surface area contributed by atoms with Gasteiger partial charge in [-0.1, -0.05) is 0 Å². The molecular formula is C7H17N5O2S. The van der Waals surface area contributed by atoms with Crippen LogP contribution in [-0.4, -0.2) is 32.7 Å². The zero-order valence-electron chi connectivity index (χ0n) is 8.44. The minimum atomic E-state index is -3.38. The molecule has 6 N–H and O–H groups in total. The Labute approximate surface area is 89.3 Å². The molecule has 88 valence electrons. The van der Waals surface area contributed by atoms with Crippen molar-refractivity contribution in [3.05, 3.63) is 0 Å². The van der Waals surface area contributed by atoms with Crippen molar-refractivity contribution in [2.45, 2.75) is 25.3 Å². The van der Waals surface area contributed by atoms with E-state index in [0.29, 0.717) is 25.0 Å². The fourth-order valence-corrected chi connectivity index (χ4v) is 1.54. The molecule has 0 atom stereocenters. The van der Waals surface area contributed by atoms with Crippen molar-refractivity contribution >= 4 is 16.0 Å². The van der Waals surface area contributed by atoms with Crippen LogP contribution in [0.1, 0.15) is 19.3 Å². The molecule has 0 aliphatic heterocycles. The highest BCUT2D eigenvalue weighted by atomic mass is 32.2. The minimum absolute atomic E-state index is 0.0578. The standard InChI is InChI=1S/C7H17N5O2S/c8-12-7(11-6-2-3-6)10-4-1-5-15(9,13)14/h6H,1-5,8H2,(H2,9,13,14)(H2,10,11,12). The van der Waals surface area contributed by atoms with Crippen LogP contribution in [0.4, 0.5) is 0 Å². The van der Waals surface area contributed by atoms with Gasteiger partial charge in [0.15, 0.2) is 0 Å². The van der Waals surface area contributed by atoms with E-state index in [1.807, 2.05) is 0 Å². The number of sulfonamides is 1. The van der Waals surface area contributed by atoms with Gasteiger partial charge in [-0.2, -0.15) is 0 Å². The van der Waals surface area contributed by atoms with Gasteiger partial charge in [0.1, 0.15) is 0 Å². The van der Waals surface area contributed by atoms with E-state index in [-0.39, 0.29) is 5.75 Å². The Bertz CT molecular complexity index is 322. The molecule has 1 aliphatic rings. The molecule has 1 aliphatic carbocycles. The number of primary sulfonamides is 1. The van der Waals surface area contributed by atoms with E-state index in [9.17, 15) is 8.42 Å². The summed E-state index contributed by atoms with van der Waals surface area (Å²) >= 11 is 0. The van der Waals surface area contributed by atoms with Crippen LogP contribution >= 0.6 is 0 Å². The molecule has 0 bridgehead atoms. The number of guanidine groups is 1. The molecule has 1 rings (SSSR count). The number of hydrogen-bond acceptors (Lipinski definition) is 4. The Balaban J connectivity index is 2.21. The van der Waals surface area contributed by atoms with Crippen LogP contribution in [0.2, 0.25) is 0 Å². The van der Waals surface area contributed by atoms with Gasteiger partial charge in [0.2, 0.25) is 16.0 Å². The van der Waals surface area contributed by atoms with Crippen LogP contribution in [0.25, 0.3) is 0 Å². The van der Waals surface area contributed by atoms with Gasteiger partial charge >= 0.3 is 0 Å². The van der Waals surface area contributed by atoms with Crippen molar-refractivity contribution in [3.63, 3.8) is 0 Å². The number of aliphatic imine (C=N–C) groups is 1. The highest BCUT2D eigenvalue weighted by Crippen LogP contribution is 2.18. The third kappa shape index (κ3) is 6.26. The first-order chi connectivity index (χ1) is 7.01. The summed E-state index contributed by atoms with van der Waals surface area (Å²) in [5.74, 6) is 5.68. The summed E-state index contributed by atoms with van der Waals surface area (Å²) in [5.41, 5.74) is 2.43. The minimum Gasteiger partial charge on any atom is -0.353 e. The van der Waals surface area contributed by atoms with Gasteiger partial charge in [-0.15, -0.1) is 0 Å². The van der Waals surface area contributed by atoms with E-state index < -0.39 is 10.0 Å². The maximum atomic E-state index is 10.6. The molecule has 0 aromatic heterocycles. The third-order valence-electron chi connectivity index (χ3n) is 1.91. The molecule has 0 saturated heterocycles. The number of nitrogens with two attached hydrogens (primary N) is 2. The van der Waals surface area contributed by atoms with E-state index in [4.69, 9.17) is 11.0 Å². The molecule has 1 saturated carbocycles. The highest BCUT2D eigenvalue weighted by molar-refractivity contribution is 7.89. The molecule has 0 unspecified atom stereocenters. The quantitative estimate of drug-likeness (QED) is 0.148. The topological polar surface area (TPSA) is 123 Å². The van der Waals surface area contributed by atoms with Crippen LogP contribution in [-0.2, 0) is 10.0 Å². The van der Waals surface area contributed by atoms with E-state index in [1.54, 1.807) is 0 Å². The predicted octanol–water partition coefficient (Wildman–Crippen LogP) is -1.76. The molecule has 7 nitrogen and oxygen atoms in total. The fourth-order valence-electron chi connectivity index (χ4n) is 1.01. The second kappa shape index (κ2) is 5.29. The Morgan fingerprint density at radius 3 is 2.60 bits per heavy atom. The maximum absolute atomic E-state index is 10.6. The summed E-state index contributed by atoms with van der Waals surface area (Å²) in [4.78, 5) is 4.07. The third-order valence-corrected chi connectivity index (χ3v) is 2.77. The summed E-state index contributed by atoms with van der Waals surface area (Å²) in [6.07, 6.45) is 2.64. The molecular weight excluding hydrogens is 218 g/mol. The van der Waals surface area contributed by atoms with Crippen LogP contribution < -0.4 is 21.7 Å². The molecule has 0 aromatic rings. The molecule has 0 radical (unpaired) electrons. The van der Waals surface area contributed by atoms with Crippen molar-refractivity contribution in [1.82, 2.24) is 10.7 Å². The number of nitrogens with one attached hydrogen (secondary N) is 2. The largest absolute Gasteiger partial charge is 0.353 e. The highest BCUT2D eigenvalue weighted by Gasteiger charge is 2.21. The number of nitrogens with zero attached hydrogens (tertiary/aromatic N) is 1. The number of hydrogen-bond donors (Lipinski definition) is 4. The first kappa shape index (κ1) is 12.2. The second-order valence-corrected chi connectivity index (χ2v) is 5.25. The van der Waals surface area contributed by atoms with Gasteiger partial charge in [0.05, 0.1) is 5.75 Å². The van der Waals surface area contributed by atoms with Gasteiger partial charge < -0.3 is 5.32 Å². The first-order valence-corrected chi connectivity index (χ1v) is 6.51. The zero-order valence-corrected chi connectivity index (χ0v) is 9.26. The lowest BCUT2D eigenvalue weighted by atomic mass is 10.5. The monoisotopic (exact) mass is 235 g/mol. The van der Waals surface area contributed by atoms with Gasteiger partial charge in [0.25, 0.3) is 0 Å². The van der Waals surface area contributed by atoms with Gasteiger partial charge in [-0.05, 0) is 19.3 Å².